The van der Waals surface area contributed by atoms with Crippen molar-refractivity contribution >= 4 is 16.4 Å². The van der Waals surface area contributed by atoms with Crippen molar-refractivity contribution in [2.75, 3.05) is 39.4 Å². The molecule has 24 heavy (non-hydrogen) atoms. The van der Waals surface area contributed by atoms with Gasteiger partial charge in [-0.1, -0.05) is 6.07 Å². The summed E-state index contributed by atoms with van der Waals surface area (Å²) in [6.45, 7) is 3.79. The molecule has 3 aliphatic rings. The fourth-order valence-corrected chi connectivity index (χ4v) is 4.32. The maximum absolute atomic E-state index is 12.4. The van der Waals surface area contributed by atoms with Gasteiger partial charge in [0, 0.05) is 45.6 Å². The number of pyridine rings is 1. The van der Waals surface area contributed by atoms with Crippen LogP contribution in [-0.2, 0) is 19.6 Å². The summed E-state index contributed by atoms with van der Waals surface area (Å²) in [6.07, 6.45) is 4.83. The van der Waals surface area contributed by atoms with E-state index in [4.69, 9.17) is 4.74 Å². The number of aromatic nitrogens is 1. The van der Waals surface area contributed by atoms with Crippen LogP contribution in [0.15, 0.2) is 40.6 Å². The van der Waals surface area contributed by atoms with E-state index in [9.17, 15) is 13.2 Å². The highest BCUT2D eigenvalue weighted by Crippen LogP contribution is 2.28. The third-order valence-corrected chi connectivity index (χ3v) is 5.95. The third kappa shape index (κ3) is 3.66. The first-order chi connectivity index (χ1) is 11.6. The van der Waals surface area contributed by atoms with Crippen molar-refractivity contribution in [1.82, 2.24) is 14.2 Å². The predicted octanol–water partition coefficient (Wildman–Crippen LogP) is 0.651. The molecule has 0 aromatic carbocycles. The fraction of sp³-hybridized carbons (Fsp3) is 0.500. The minimum absolute atomic E-state index is 0.0726. The highest BCUT2D eigenvalue weighted by atomic mass is 32.2. The van der Waals surface area contributed by atoms with Crippen LogP contribution in [0.5, 0.6) is 0 Å². The molecule has 1 amide bonds. The Hall–Kier alpha value is -1.77. The number of rotatable bonds is 3. The molecule has 3 aliphatic heterocycles. The summed E-state index contributed by atoms with van der Waals surface area (Å²) >= 11 is 0. The Labute approximate surface area is 142 Å². The smallest absolute Gasteiger partial charge is 0.261 e. The van der Waals surface area contributed by atoms with E-state index >= 15 is 0 Å². The lowest BCUT2D eigenvalue weighted by Crippen LogP contribution is -2.34. The molecule has 0 N–H and O–H groups in total. The quantitative estimate of drug-likeness (QED) is 0.590. The highest BCUT2D eigenvalue weighted by Gasteiger charge is 2.36. The summed E-state index contributed by atoms with van der Waals surface area (Å²) in [7, 11) is -3.53. The molecular weight excluding hydrogens is 330 g/mol. The molecule has 8 heteroatoms. The van der Waals surface area contributed by atoms with Crippen LogP contribution in [0.25, 0.3) is 0 Å². The second-order valence-electron chi connectivity index (χ2n) is 5.98. The first kappa shape index (κ1) is 17.1. The number of hydrogen-bond donors (Lipinski definition) is 0. The number of carbonyl (C=O) groups is 1. The number of amides is 1. The van der Waals surface area contributed by atoms with Gasteiger partial charge in [0.1, 0.15) is 0 Å². The summed E-state index contributed by atoms with van der Waals surface area (Å²) in [5.41, 5.74) is 2.07. The van der Waals surface area contributed by atoms with Gasteiger partial charge in [0.25, 0.3) is 10.0 Å². The van der Waals surface area contributed by atoms with Crippen molar-refractivity contribution in [3.8, 4) is 0 Å². The van der Waals surface area contributed by atoms with Gasteiger partial charge in [-0.15, -0.1) is 0 Å². The van der Waals surface area contributed by atoms with Crippen molar-refractivity contribution in [2.24, 2.45) is 0 Å². The molecule has 1 saturated heterocycles. The Morgan fingerprint density at radius 1 is 1.04 bits per heavy atom. The van der Waals surface area contributed by atoms with E-state index in [-0.39, 0.29) is 5.03 Å². The largest absolute Gasteiger partial charge is 0.381 e. The van der Waals surface area contributed by atoms with E-state index in [1.165, 1.54) is 29.4 Å². The van der Waals surface area contributed by atoms with Gasteiger partial charge in [-0.2, -0.15) is 4.31 Å². The number of ether oxygens (including phenoxy) is 1. The molecule has 1 aromatic rings. The Morgan fingerprint density at radius 2 is 1.71 bits per heavy atom. The number of carbonyl (C=O) groups excluding carboxylic acids is 1. The van der Waals surface area contributed by atoms with E-state index in [0.717, 1.165) is 30.8 Å². The molecule has 0 radical (unpaired) electrons. The second kappa shape index (κ2) is 7.42. The van der Waals surface area contributed by atoms with Crippen LogP contribution in [0.1, 0.15) is 12.8 Å². The number of hydrogen-bond acceptors (Lipinski definition) is 5. The van der Waals surface area contributed by atoms with Crippen LogP contribution in [0.3, 0.4) is 0 Å². The molecule has 0 spiro atoms. The number of sulfonamides is 1. The van der Waals surface area contributed by atoms with E-state index < -0.39 is 10.0 Å². The molecule has 130 valence electrons. The van der Waals surface area contributed by atoms with Gasteiger partial charge in [-0.05, 0) is 36.1 Å². The standard InChI is InChI=1S/C12H13N3O3S.C4H8O/c16-9-14-5-10-7-15(8-11(10)6-14)19(17,18)12-3-1-2-4-13-12;1-2-4-5-3-1/h1-4,9H,5-8H2;1-4H2. The van der Waals surface area contributed by atoms with Crippen LogP contribution < -0.4 is 0 Å². The summed E-state index contributed by atoms with van der Waals surface area (Å²) in [5, 5.41) is 0.0726. The SMILES string of the molecule is C1CCOC1.O=CN1CC2=C(C1)CN(S(=O)(=O)c1ccccn1)C2. The van der Waals surface area contributed by atoms with Crippen LogP contribution in [0, 0.1) is 0 Å². The molecule has 4 heterocycles. The molecule has 0 aliphatic carbocycles. The zero-order chi connectivity index (χ0) is 17.0. The molecule has 0 atom stereocenters. The van der Waals surface area contributed by atoms with Crippen LogP contribution in [-0.4, -0.2) is 68.4 Å². The molecule has 0 saturated carbocycles. The lowest BCUT2D eigenvalue weighted by Gasteiger charge is -2.19. The Morgan fingerprint density at radius 3 is 2.17 bits per heavy atom. The van der Waals surface area contributed by atoms with Gasteiger partial charge in [-0.25, -0.2) is 13.4 Å². The first-order valence-electron chi connectivity index (χ1n) is 7.99. The maximum atomic E-state index is 12.4. The van der Waals surface area contributed by atoms with Gasteiger partial charge in [-0.3, -0.25) is 4.79 Å². The summed E-state index contributed by atoms with van der Waals surface area (Å²) < 4.78 is 31.1. The molecule has 4 rings (SSSR count). The predicted molar refractivity (Wildman–Crippen MR) is 87.7 cm³/mol. The second-order valence-corrected chi connectivity index (χ2v) is 7.86. The molecule has 1 aromatic heterocycles. The van der Waals surface area contributed by atoms with Crippen molar-refractivity contribution < 1.29 is 17.9 Å². The van der Waals surface area contributed by atoms with Crippen LogP contribution in [0.4, 0.5) is 0 Å². The lowest BCUT2D eigenvalue weighted by atomic mass is 10.2. The van der Waals surface area contributed by atoms with Crippen LogP contribution in [0.2, 0.25) is 0 Å². The van der Waals surface area contributed by atoms with Crippen molar-refractivity contribution in [1.29, 1.82) is 0 Å². The first-order valence-corrected chi connectivity index (χ1v) is 9.43. The van der Waals surface area contributed by atoms with Crippen molar-refractivity contribution in [2.45, 2.75) is 17.9 Å². The van der Waals surface area contributed by atoms with Gasteiger partial charge in [0.2, 0.25) is 6.41 Å². The Balaban J connectivity index is 0.000000290. The maximum Gasteiger partial charge on any atom is 0.261 e. The Kier molecular flexibility index (Phi) is 5.27. The van der Waals surface area contributed by atoms with Gasteiger partial charge < -0.3 is 9.64 Å². The third-order valence-electron chi connectivity index (χ3n) is 4.24. The average Bonchev–Trinajstić information content (AvgIpc) is 3.33. The van der Waals surface area contributed by atoms with Gasteiger partial charge in [0.05, 0.1) is 0 Å². The van der Waals surface area contributed by atoms with Crippen LogP contribution >= 0.6 is 0 Å². The summed E-state index contributed by atoms with van der Waals surface area (Å²) in [6, 6.07) is 4.84. The highest BCUT2D eigenvalue weighted by molar-refractivity contribution is 7.89. The topological polar surface area (TPSA) is 79.8 Å². The minimum atomic E-state index is -3.53. The number of nitrogens with zero attached hydrogens (tertiary/aromatic N) is 3. The average molecular weight is 351 g/mol. The van der Waals surface area contributed by atoms with Crippen molar-refractivity contribution in [3.05, 3.63) is 35.5 Å². The van der Waals surface area contributed by atoms with E-state index in [2.05, 4.69) is 4.98 Å². The van der Waals surface area contributed by atoms with Crippen molar-refractivity contribution in [3.63, 3.8) is 0 Å². The van der Waals surface area contributed by atoms with E-state index in [1.807, 2.05) is 0 Å². The summed E-state index contributed by atoms with van der Waals surface area (Å²) in [4.78, 5) is 16.2. The Bertz CT molecular complexity index is 688. The van der Waals surface area contributed by atoms with E-state index in [0.29, 0.717) is 26.2 Å². The minimum Gasteiger partial charge on any atom is -0.381 e. The molecule has 1 fully saturated rings. The normalized spacial score (nSPS) is 20.8. The van der Waals surface area contributed by atoms with Gasteiger partial charge in [0.15, 0.2) is 5.03 Å². The molecular formula is C16H21N3O4S. The zero-order valence-corrected chi connectivity index (χ0v) is 14.2. The zero-order valence-electron chi connectivity index (χ0n) is 13.4. The lowest BCUT2D eigenvalue weighted by molar-refractivity contribution is -0.117. The van der Waals surface area contributed by atoms with E-state index in [1.54, 1.807) is 17.0 Å². The fourth-order valence-electron chi connectivity index (χ4n) is 2.96. The molecule has 0 unspecified atom stereocenters. The molecule has 0 bridgehead atoms. The van der Waals surface area contributed by atoms with Gasteiger partial charge >= 0.3 is 0 Å². The molecule has 7 nitrogen and oxygen atoms in total. The monoisotopic (exact) mass is 351 g/mol. The summed E-state index contributed by atoms with van der Waals surface area (Å²) in [5.74, 6) is 0.